The van der Waals surface area contributed by atoms with E-state index in [9.17, 15) is 9.90 Å². The second kappa shape index (κ2) is 10.2. The average molecular weight is 390 g/mol. The molecule has 3 aromatic rings. The Hall–Kier alpha value is -2.44. The highest BCUT2D eigenvalue weighted by molar-refractivity contribution is 7.95. The summed E-state index contributed by atoms with van der Waals surface area (Å²) in [5, 5.41) is 14.9. The Kier molecular flexibility index (Phi) is 7.39. The van der Waals surface area contributed by atoms with Crippen LogP contribution in [-0.2, 0) is 4.79 Å². The lowest BCUT2D eigenvalue weighted by atomic mass is 10.2. The number of unbranched alkanes of at least 4 members (excludes halogenated alkanes) is 3. The van der Waals surface area contributed by atoms with Crippen LogP contribution in [0.4, 0.5) is 0 Å². The SMILES string of the molecule is O=C([O-])CCCCCC[P+](c1ccccc1)(c1ccccc1)c1ccccc1. The van der Waals surface area contributed by atoms with Crippen molar-refractivity contribution in [1.29, 1.82) is 0 Å². The molecule has 0 aliphatic carbocycles. The summed E-state index contributed by atoms with van der Waals surface area (Å²) in [7, 11) is -1.75. The topological polar surface area (TPSA) is 40.1 Å². The molecule has 3 heteroatoms. The molecule has 0 atom stereocenters. The third-order valence-corrected chi connectivity index (χ3v) is 9.74. The Bertz CT molecular complexity index is 751. The summed E-state index contributed by atoms with van der Waals surface area (Å²) >= 11 is 0. The molecule has 0 unspecified atom stereocenters. The van der Waals surface area contributed by atoms with E-state index in [1.807, 2.05) is 0 Å². The van der Waals surface area contributed by atoms with E-state index in [1.54, 1.807) is 0 Å². The van der Waals surface area contributed by atoms with E-state index in [0.717, 1.165) is 25.4 Å². The number of carbonyl (C=O) groups excluding carboxylic acids is 1. The fourth-order valence-corrected chi connectivity index (χ4v) is 8.26. The molecule has 0 aliphatic rings. The molecule has 0 aromatic heterocycles. The second-order valence-corrected chi connectivity index (χ2v) is 10.7. The van der Waals surface area contributed by atoms with Gasteiger partial charge in [-0.25, -0.2) is 0 Å². The Morgan fingerprint density at radius 2 is 1.00 bits per heavy atom. The molecule has 0 radical (unpaired) electrons. The molecule has 144 valence electrons. The van der Waals surface area contributed by atoms with E-state index in [4.69, 9.17) is 0 Å². The molecule has 0 bridgehead atoms. The van der Waals surface area contributed by atoms with Crippen LogP contribution in [0.5, 0.6) is 0 Å². The number of carboxylic acid groups (broad SMARTS) is 1. The van der Waals surface area contributed by atoms with Gasteiger partial charge in [-0.2, -0.15) is 0 Å². The number of hydrogen-bond donors (Lipinski definition) is 0. The first-order valence-corrected chi connectivity index (χ1v) is 12.0. The Balaban J connectivity index is 1.94. The molecule has 0 heterocycles. The third-order valence-electron chi connectivity index (χ3n) is 5.22. The van der Waals surface area contributed by atoms with Gasteiger partial charge in [0.2, 0.25) is 0 Å². The highest BCUT2D eigenvalue weighted by Gasteiger charge is 2.44. The standard InChI is InChI=1S/C25H27O2P/c26-25(27)20-12-1-2-13-21-28(22-14-6-3-7-15-22,23-16-8-4-9-17-23)24-18-10-5-11-19-24/h3-11,14-19H,1-2,12-13,20-21H2. The summed E-state index contributed by atoms with van der Waals surface area (Å²) in [4.78, 5) is 10.6. The normalized spacial score (nSPS) is 11.3. The van der Waals surface area contributed by atoms with Crippen LogP contribution in [0, 0.1) is 0 Å². The average Bonchev–Trinajstić information content (AvgIpc) is 2.75. The quantitative estimate of drug-likeness (QED) is 0.391. The van der Waals surface area contributed by atoms with Gasteiger partial charge in [-0.3, -0.25) is 0 Å². The van der Waals surface area contributed by atoms with E-state index in [0.29, 0.717) is 6.42 Å². The summed E-state index contributed by atoms with van der Waals surface area (Å²) in [6.07, 6.45) is 5.02. The van der Waals surface area contributed by atoms with Crippen molar-refractivity contribution in [2.45, 2.75) is 32.1 Å². The number of carbonyl (C=O) groups is 1. The van der Waals surface area contributed by atoms with Gasteiger partial charge < -0.3 is 9.90 Å². The van der Waals surface area contributed by atoms with E-state index >= 15 is 0 Å². The number of rotatable bonds is 10. The van der Waals surface area contributed by atoms with Crippen molar-refractivity contribution < 1.29 is 9.90 Å². The van der Waals surface area contributed by atoms with Crippen molar-refractivity contribution in [1.82, 2.24) is 0 Å². The number of aliphatic carboxylic acids is 1. The minimum Gasteiger partial charge on any atom is -0.550 e. The number of benzene rings is 3. The first-order valence-electron chi connectivity index (χ1n) is 9.98. The van der Waals surface area contributed by atoms with Gasteiger partial charge in [0.25, 0.3) is 0 Å². The third kappa shape index (κ3) is 4.88. The predicted molar refractivity (Wildman–Crippen MR) is 118 cm³/mol. The zero-order chi connectivity index (χ0) is 19.7. The lowest BCUT2D eigenvalue weighted by Gasteiger charge is -2.27. The molecular formula is C25H27O2P. The minimum absolute atomic E-state index is 0.163. The Morgan fingerprint density at radius 3 is 1.39 bits per heavy atom. The van der Waals surface area contributed by atoms with Crippen molar-refractivity contribution in [3.8, 4) is 0 Å². The van der Waals surface area contributed by atoms with Gasteiger partial charge in [0.15, 0.2) is 0 Å². The zero-order valence-electron chi connectivity index (χ0n) is 16.2. The van der Waals surface area contributed by atoms with Crippen LogP contribution in [-0.4, -0.2) is 12.1 Å². The maximum Gasteiger partial charge on any atom is 0.112 e. The van der Waals surface area contributed by atoms with Gasteiger partial charge in [0, 0.05) is 5.97 Å². The molecule has 28 heavy (non-hydrogen) atoms. The summed E-state index contributed by atoms with van der Waals surface area (Å²) in [5.74, 6) is -0.945. The van der Waals surface area contributed by atoms with Crippen LogP contribution in [0.25, 0.3) is 0 Å². The first-order chi connectivity index (χ1) is 13.7. The van der Waals surface area contributed by atoms with Crippen molar-refractivity contribution >= 4 is 29.1 Å². The van der Waals surface area contributed by atoms with Crippen LogP contribution in [0.1, 0.15) is 32.1 Å². The fraction of sp³-hybridized carbons (Fsp3) is 0.240. The van der Waals surface area contributed by atoms with Gasteiger partial charge in [-0.15, -0.1) is 0 Å². The van der Waals surface area contributed by atoms with Crippen LogP contribution < -0.4 is 21.0 Å². The minimum atomic E-state index is -1.75. The summed E-state index contributed by atoms with van der Waals surface area (Å²) in [5.41, 5.74) is 0. The highest BCUT2D eigenvalue weighted by Crippen LogP contribution is 2.55. The molecule has 0 spiro atoms. The summed E-state index contributed by atoms with van der Waals surface area (Å²) in [6, 6.07) is 32.6. The van der Waals surface area contributed by atoms with Crippen molar-refractivity contribution in [3.63, 3.8) is 0 Å². The molecule has 3 rings (SSSR count). The predicted octanol–water partition coefficient (Wildman–Crippen LogP) is 3.68. The molecule has 0 N–H and O–H groups in total. The largest absolute Gasteiger partial charge is 0.550 e. The van der Waals surface area contributed by atoms with Crippen molar-refractivity contribution in [2.24, 2.45) is 0 Å². The molecule has 0 saturated carbocycles. The molecular weight excluding hydrogens is 363 g/mol. The van der Waals surface area contributed by atoms with Crippen molar-refractivity contribution in [2.75, 3.05) is 6.16 Å². The Labute approximate surface area is 168 Å². The maximum absolute atomic E-state index is 10.6. The zero-order valence-corrected chi connectivity index (χ0v) is 17.1. The molecule has 0 aliphatic heterocycles. The first kappa shape index (κ1) is 20.3. The Morgan fingerprint density at radius 1 is 0.607 bits per heavy atom. The lowest BCUT2D eigenvalue weighted by molar-refractivity contribution is -0.305. The van der Waals surface area contributed by atoms with Crippen LogP contribution in [0.3, 0.4) is 0 Å². The smallest absolute Gasteiger partial charge is 0.112 e. The fourth-order valence-electron chi connectivity index (χ4n) is 3.85. The van der Waals surface area contributed by atoms with E-state index < -0.39 is 13.2 Å². The van der Waals surface area contributed by atoms with Crippen LogP contribution >= 0.6 is 7.26 Å². The second-order valence-electron chi connectivity index (χ2n) is 7.08. The van der Waals surface area contributed by atoms with Crippen LogP contribution in [0.2, 0.25) is 0 Å². The number of hydrogen-bond acceptors (Lipinski definition) is 2. The molecule has 2 nitrogen and oxygen atoms in total. The summed E-state index contributed by atoms with van der Waals surface area (Å²) < 4.78 is 0. The van der Waals surface area contributed by atoms with E-state index in [2.05, 4.69) is 91.0 Å². The summed E-state index contributed by atoms with van der Waals surface area (Å²) in [6.45, 7) is 0. The van der Waals surface area contributed by atoms with Gasteiger partial charge in [0.05, 0.1) is 6.16 Å². The van der Waals surface area contributed by atoms with E-state index in [1.165, 1.54) is 15.9 Å². The maximum atomic E-state index is 10.6. The van der Waals surface area contributed by atoms with E-state index in [-0.39, 0.29) is 6.42 Å². The van der Waals surface area contributed by atoms with Gasteiger partial charge >= 0.3 is 0 Å². The lowest BCUT2D eigenvalue weighted by Crippen LogP contribution is -2.33. The van der Waals surface area contributed by atoms with Gasteiger partial charge in [-0.05, 0) is 62.1 Å². The van der Waals surface area contributed by atoms with Gasteiger partial charge in [-0.1, -0.05) is 61.0 Å². The monoisotopic (exact) mass is 390 g/mol. The molecule has 0 fully saturated rings. The molecule has 0 amide bonds. The molecule has 0 saturated heterocycles. The van der Waals surface area contributed by atoms with Crippen molar-refractivity contribution in [3.05, 3.63) is 91.0 Å². The molecule has 3 aromatic carbocycles. The number of carboxylic acids is 1. The van der Waals surface area contributed by atoms with Crippen LogP contribution in [0.15, 0.2) is 91.0 Å². The highest BCUT2D eigenvalue weighted by atomic mass is 31.2. The van der Waals surface area contributed by atoms with Gasteiger partial charge in [0.1, 0.15) is 23.2 Å².